The largest absolute Gasteiger partial charge is 0.450 e. The standard InChI is InChI=1S/C24H30N6O3S/c1-6-33-24(32)29-11-9-18(10-12-29)26-22(31)21-16(4)25-23(34-21)20-17(5)30(28-27-20)19-8-7-14(2)15(3)13-19/h7-8,13,18H,6,9-12H2,1-5H3,(H,26,31). The minimum atomic E-state index is -0.292. The second kappa shape index (κ2) is 9.92. The molecule has 3 heterocycles. The maximum absolute atomic E-state index is 13.0. The van der Waals surface area contributed by atoms with Gasteiger partial charge in [0.25, 0.3) is 5.91 Å². The van der Waals surface area contributed by atoms with Crippen LogP contribution >= 0.6 is 11.3 Å². The van der Waals surface area contributed by atoms with Crippen LogP contribution in [0.4, 0.5) is 4.79 Å². The number of aryl methyl sites for hydroxylation is 3. The topological polar surface area (TPSA) is 102 Å². The van der Waals surface area contributed by atoms with Crippen molar-refractivity contribution in [3.8, 4) is 16.4 Å². The van der Waals surface area contributed by atoms with E-state index in [4.69, 9.17) is 4.74 Å². The highest BCUT2D eigenvalue weighted by atomic mass is 32.1. The van der Waals surface area contributed by atoms with Gasteiger partial charge in [0, 0.05) is 19.1 Å². The number of thiazole rings is 1. The second-order valence-electron chi connectivity index (χ2n) is 8.57. The highest BCUT2D eigenvalue weighted by Crippen LogP contribution is 2.30. The van der Waals surface area contributed by atoms with Crippen LogP contribution in [-0.4, -0.2) is 62.6 Å². The summed E-state index contributed by atoms with van der Waals surface area (Å²) in [5.41, 5.74) is 5.57. The summed E-state index contributed by atoms with van der Waals surface area (Å²) in [6.45, 7) is 11.2. The van der Waals surface area contributed by atoms with E-state index < -0.39 is 0 Å². The van der Waals surface area contributed by atoms with Crippen molar-refractivity contribution < 1.29 is 14.3 Å². The molecule has 0 bridgehead atoms. The highest BCUT2D eigenvalue weighted by Gasteiger charge is 2.27. The van der Waals surface area contributed by atoms with E-state index in [1.54, 1.807) is 16.5 Å². The summed E-state index contributed by atoms with van der Waals surface area (Å²) in [4.78, 5) is 31.7. The van der Waals surface area contributed by atoms with Gasteiger partial charge in [0.15, 0.2) is 0 Å². The molecule has 180 valence electrons. The van der Waals surface area contributed by atoms with Crippen molar-refractivity contribution in [3.63, 3.8) is 0 Å². The minimum Gasteiger partial charge on any atom is -0.450 e. The highest BCUT2D eigenvalue weighted by molar-refractivity contribution is 7.17. The molecule has 34 heavy (non-hydrogen) atoms. The summed E-state index contributed by atoms with van der Waals surface area (Å²) in [5, 5.41) is 12.5. The zero-order valence-electron chi connectivity index (χ0n) is 20.2. The smallest absolute Gasteiger partial charge is 0.409 e. The molecule has 2 aromatic heterocycles. The van der Waals surface area contributed by atoms with E-state index in [1.165, 1.54) is 22.5 Å². The molecular formula is C24H30N6O3S. The van der Waals surface area contributed by atoms with Crippen molar-refractivity contribution in [3.05, 3.63) is 45.6 Å². The molecule has 4 rings (SSSR count). The van der Waals surface area contributed by atoms with Gasteiger partial charge in [-0.2, -0.15) is 0 Å². The van der Waals surface area contributed by atoms with Gasteiger partial charge in [-0.1, -0.05) is 11.3 Å². The molecule has 9 nitrogen and oxygen atoms in total. The first kappa shape index (κ1) is 23.9. The third-order valence-corrected chi connectivity index (χ3v) is 7.35. The molecule has 0 radical (unpaired) electrons. The first-order valence-electron chi connectivity index (χ1n) is 11.5. The number of rotatable bonds is 5. The van der Waals surface area contributed by atoms with Crippen LogP contribution in [0.3, 0.4) is 0 Å². The van der Waals surface area contributed by atoms with Crippen LogP contribution in [-0.2, 0) is 4.74 Å². The van der Waals surface area contributed by atoms with Gasteiger partial charge in [0.1, 0.15) is 15.6 Å². The van der Waals surface area contributed by atoms with Gasteiger partial charge >= 0.3 is 6.09 Å². The Morgan fingerprint density at radius 1 is 1.15 bits per heavy atom. The number of aromatic nitrogens is 4. The zero-order chi connectivity index (χ0) is 24.4. The molecule has 1 N–H and O–H groups in total. The fourth-order valence-corrected chi connectivity index (χ4v) is 5.02. The summed E-state index contributed by atoms with van der Waals surface area (Å²) in [7, 11) is 0. The number of hydrogen-bond donors (Lipinski definition) is 1. The van der Waals surface area contributed by atoms with E-state index in [0.29, 0.717) is 53.8 Å². The SMILES string of the molecule is CCOC(=O)N1CCC(NC(=O)c2sc(-c3nnn(-c4ccc(C)c(C)c4)c3C)nc2C)CC1. The average Bonchev–Trinajstić information content (AvgIpc) is 3.38. The molecular weight excluding hydrogens is 452 g/mol. The predicted octanol–water partition coefficient (Wildman–Crippen LogP) is 3.98. The van der Waals surface area contributed by atoms with Crippen LogP contribution in [0.15, 0.2) is 18.2 Å². The number of ether oxygens (including phenoxy) is 1. The number of likely N-dealkylation sites (tertiary alicyclic amines) is 1. The maximum atomic E-state index is 13.0. The van der Waals surface area contributed by atoms with Crippen LogP contribution < -0.4 is 5.32 Å². The number of nitrogens with one attached hydrogen (secondary N) is 1. The Morgan fingerprint density at radius 3 is 2.56 bits per heavy atom. The number of carbonyl (C=O) groups excluding carboxylic acids is 2. The van der Waals surface area contributed by atoms with E-state index in [2.05, 4.69) is 46.6 Å². The third kappa shape index (κ3) is 4.82. The predicted molar refractivity (Wildman–Crippen MR) is 130 cm³/mol. The molecule has 1 aliphatic rings. The van der Waals surface area contributed by atoms with Gasteiger partial charge in [0.2, 0.25) is 0 Å². The lowest BCUT2D eigenvalue weighted by Gasteiger charge is -2.31. The van der Waals surface area contributed by atoms with E-state index in [1.807, 2.05) is 19.9 Å². The fraction of sp³-hybridized carbons (Fsp3) is 0.458. The van der Waals surface area contributed by atoms with Crippen molar-refractivity contribution in [2.75, 3.05) is 19.7 Å². The summed E-state index contributed by atoms with van der Waals surface area (Å²) in [5.74, 6) is -0.143. The maximum Gasteiger partial charge on any atom is 0.409 e. The molecule has 1 aliphatic heterocycles. The Balaban J connectivity index is 1.46. The van der Waals surface area contributed by atoms with Crippen LogP contribution in [0.2, 0.25) is 0 Å². The molecule has 0 aliphatic carbocycles. The Bertz CT molecular complexity index is 1210. The van der Waals surface area contributed by atoms with Crippen LogP contribution in [0.25, 0.3) is 16.4 Å². The lowest BCUT2D eigenvalue weighted by Crippen LogP contribution is -2.46. The second-order valence-corrected chi connectivity index (χ2v) is 9.57. The van der Waals surface area contributed by atoms with Gasteiger partial charge in [-0.15, -0.1) is 16.4 Å². The van der Waals surface area contributed by atoms with Crippen molar-refractivity contribution in [1.29, 1.82) is 0 Å². The summed E-state index contributed by atoms with van der Waals surface area (Å²) < 4.78 is 6.86. The van der Waals surface area contributed by atoms with Crippen molar-refractivity contribution in [1.82, 2.24) is 30.2 Å². The van der Waals surface area contributed by atoms with Gasteiger partial charge in [-0.25, -0.2) is 14.5 Å². The van der Waals surface area contributed by atoms with Crippen LogP contribution in [0.5, 0.6) is 0 Å². The van der Waals surface area contributed by atoms with Crippen LogP contribution in [0, 0.1) is 27.7 Å². The van der Waals surface area contributed by atoms with Gasteiger partial charge in [0.05, 0.1) is 23.7 Å². The van der Waals surface area contributed by atoms with E-state index in [0.717, 1.165) is 11.4 Å². The first-order chi connectivity index (χ1) is 16.3. The molecule has 0 saturated carbocycles. The molecule has 3 aromatic rings. The number of hydrogen-bond acceptors (Lipinski definition) is 7. The van der Waals surface area contributed by atoms with Gasteiger partial charge in [-0.3, -0.25) is 4.79 Å². The molecule has 0 spiro atoms. The first-order valence-corrected chi connectivity index (χ1v) is 12.3. The number of benzene rings is 1. The third-order valence-electron chi connectivity index (χ3n) is 6.19. The van der Waals surface area contributed by atoms with Gasteiger partial charge < -0.3 is 15.0 Å². The number of amides is 2. The monoisotopic (exact) mass is 482 g/mol. The Hall–Kier alpha value is -3.27. The van der Waals surface area contributed by atoms with Crippen molar-refractivity contribution in [2.24, 2.45) is 0 Å². The van der Waals surface area contributed by atoms with Crippen molar-refractivity contribution in [2.45, 2.75) is 53.5 Å². The molecule has 10 heteroatoms. The average molecular weight is 483 g/mol. The van der Waals surface area contributed by atoms with Crippen molar-refractivity contribution >= 4 is 23.3 Å². The number of piperidine rings is 1. The fourth-order valence-electron chi connectivity index (χ4n) is 4.01. The van der Waals surface area contributed by atoms with Crippen LogP contribution in [0.1, 0.15) is 52.0 Å². The molecule has 1 saturated heterocycles. The summed E-state index contributed by atoms with van der Waals surface area (Å²) in [6.07, 6.45) is 1.09. The molecule has 0 atom stereocenters. The lowest BCUT2D eigenvalue weighted by molar-refractivity contribution is 0.0862. The van der Waals surface area contributed by atoms with Gasteiger partial charge in [-0.05, 0) is 70.7 Å². The number of carbonyl (C=O) groups is 2. The number of nitrogens with zero attached hydrogens (tertiary/aromatic N) is 5. The summed E-state index contributed by atoms with van der Waals surface area (Å²) >= 11 is 1.33. The molecule has 2 amide bonds. The zero-order valence-corrected chi connectivity index (χ0v) is 21.0. The van der Waals surface area contributed by atoms with E-state index in [9.17, 15) is 9.59 Å². The quantitative estimate of drug-likeness (QED) is 0.590. The van der Waals surface area contributed by atoms with E-state index >= 15 is 0 Å². The normalized spacial score (nSPS) is 14.3. The summed E-state index contributed by atoms with van der Waals surface area (Å²) in [6, 6.07) is 6.18. The molecule has 1 aromatic carbocycles. The van der Waals surface area contributed by atoms with E-state index in [-0.39, 0.29) is 18.0 Å². The Morgan fingerprint density at radius 2 is 1.88 bits per heavy atom. The molecule has 0 unspecified atom stereocenters. The Kier molecular flexibility index (Phi) is 6.97. The lowest BCUT2D eigenvalue weighted by atomic mass is 10.1. The minimum absolute atomic E-state index is 0.00974. The Labute approximate surface area is 203 Å². The molecule has 1 fully saturated rings.